The number of nitrogens with one attached hydrogen (secondary N) is 1. The minimum Gasteiger partial charge on any atom is -0.489 e. The second kappa shape index (κ2) is 8.58. The van der Waals surface area contributed by atoms with Crippen LogP contribution in [-0.4, -0.2) is 0 Å². The Morgan fingerprint density at radius 2 is 1.66 bits per heavy atom. The Bertz CT molecular complexity index is 1230. The molecule has 0 radical (unpaired) electrons. The van der Waals surface area contributed by atoms with Crippen molar-refractivity contribution in [2.24, 2.45) is 0 Å². The number of rotatable bonds is 4. The molecule has 0 bridgehead atoms. The molecule has 1 aliphatic rings. The molecule has 0 spiro atoms. The molecule has 3 aromatic carbocycles. The third-order valence-electron chi connectivity index (χ3n) is 5.66. The van der Waals surface area contributed by atoms with Gasteiger partial charge in [-0.05, 0) is 56.2 Å². The Kier molecular flexibility index (Phi) is 5.83. The summed E-state index contributed by atoms with van der Waals surface area (Å²) in [4.78, 5) is 0. The van der Waals surface area contributed by atoms with E-state index in [0.717, 1.165) is 11.3 Å². The molecule has 0 saturated heterocycles. The number of aryl methyl sites for hydroxylation is 1. The first-order valence-corrected chi connectivity index (χ1v) is 10.4. The monoisotopic (exact) mass is 435 g/mol. The standard InChI is InChI=1S/C27H24F3NO/c1-17-8-6-10-21(26(17)28)16-32-22-11-7-9-20(15-22)23-14-18(2)27(29,30)24-12-4-5-13-25(24)31-19(23)3/h4-15,31H,16H2,1-3H3/b18-14-,23-19+. The Hall–Kier alpha value is -3.47. The van der Waals surface area contributed by atoms with Crippen molar-refractivity contribution in [2.75, 3.05) is 5.32 Å². The Labute approximate surface area is 186 Å². The van der Waals surface area contributed by atoms with Gasteiger partial charge in [-0.2, -0.15) is 8.78 Å². The average Bonchev–Trinajstić information content (AvgIpc) is 2.78. The van der Waals surface area contributed by atoms with E-state index in [4.69, 9.17) is 4.74 Å². The van der Waals surface area contributed by atoms with Crippen LogP contribution in [0.25, 0.3) is 5.57 Å². The number of para-hydroxylation sites is 1. The zero-order chi connectivity index (χ0) is 22.9. The molecule has 32 heavy (non-hydrogen) atoms. The molecule has 0 amide bonds. The van der Waals surface area contributed by atoms with Gasteiger partial charge in [-0.3, -0.25) is 0 Å². The van der Waals surface area contributed by atoms with Gasteiger partial charge in [0.15, 0.2) is 0 Å². The van der Waals surface area contributed by atoms with Gasteiger partial charge in [-0.1, -0.05) is 48.5 Å². The lowest BCUT2D eigenvalue weighted by molar-refractivity contribution is 0.0388. The van der Waals surface area contributed by atoms with E-state index in [9.17, 15) is 4.39 Å². The maximum atomic E-state index is 15.1. The molecule has 0 fully saturated rings. The molecular formula is C27H24F3NO. The summed E-state index contributed by atoms with van der Waals surface area (Å²) in [6, 6.07) is 18.8. The van der Waals surface area contributed by atoms with Crippen molar-refractivity contribution in [3.63, 3.8) is 0 Å². The minimum atomic E-state index is -3.10. The van der Waals surface area contributed by atoms with E-state index in [0.29, 0.717) is 28.1 Å². The number of hydrogen-bond acceptors (Lipinski definition) is 2. The quantitative estimate of drug-likeness (QED) is 0.455. The lowest BCUT2D eigenvalue weighted by Gasteiger charge is -2.26. The van der Waals surface area contributed by atoms with Crippen LogP contribution in [0.15, 0.2) is 84.1 Å². The Morgan fingerprint density at radius 3 is 2.47 bits per heavy atom. The molecule has 0 aliphatic carbocycles. The van der Waals surface area contributed by atoms with Gasteiger partial charge < -0.3 is 10.1 Å². The van der Waals surface area contributed by atoms with Crippen LogP contribution in [0.4, 0.5) is 18.9 Å². The van der Waals surface area contributed by atoms with Crippen LogP contribution in [0.1, 0.15) is 36.1 Å². The van der Waals surface area contributed by atoms with E-state index in [1.165, 1.54) is 19.1 Å². The molecule has 1 heterocycles. The number of alkyl halides is 2. The molecule has 1 aliphatic heterocycles. The Morgan fingerprint density at radius 1 is 0.906 bits per heavy atom. The fourth-order valence-corrected chi connectivity index (χ4v) is 3.80. The fraction of sp³-hybridized carbons (Fsp3) is 0.185. The third-order valence-corrected chi connectivity index (χ3v) is 5.66. The number of ether oxygens (including phenoxy) is 1. The highest BCUT2D eigenvalue weighted by Crippen LogP contribution is 2.43. The molecule has 5 heteroatoms. The molecule has 0 saturated carbocycles. The molecule has 4 rings (SSSR count). The van der Waals surface area contributed by atoms with Crippen LogP contribution < -0.4 is 10.1 Å². The van der Waals surface area contributed by atoms with Crippen LogP contribution >= 0.6 is 0 Å². The van der Waals surface area contributed by atoms with E-state index < -0.39 is 5.92 Å². The average molecular weight is 435 g/mol. The van der Waals surface area contributed by atoms with E-state index in [1.807, 2.05) is 13.0 Å². The maximum absolute atomic E-state index is 15.1. The van der Waals surface area contributed by atoms with Gasteiger partial charge in [0.05, 0.1) is 0 Å². The second-order valence-corrected chi connectivity index (χ2v) is 7.98. The first-order chi connectivity index (χ1) is 15.3. The van der Waals surface area contributed by atoms with Crippen molar-refractivity contribution in [1.29, 1.82) is 0 Å². The highest BCUT2D eigenvalue weighted by atomic mass is 19.3. The number of allylic oxidation sites excluding steroid dienone is 4. The number of halogens is 3. The summed E-state index contributed by atoms with van der Waals surface area (Å²) >= 11 is 0. The van der Waals surface area contributed by atoms with Crippen molar-refractivity contribution in [1.82, 2.24) is 0 Å². The van der Waals surface area contributed by atoms with Crippen molar-refractivity contribution < 1.29 is 17.9 Å². The number of hydrogen-bond donors (Lipinski definition) is 1. The Balaban J connectivity index is 1.68. The predicted octanol–water partition coefficient (Wildman–Crippen LogP) is 7.61. The first kappa shape index (κ1) is 21.8. The van der Waals surface area contributed by atoms with Gasteiger partial charge in [-0.15, -0.1) is 0 Å². The molecule has 1 N–H and O–H groups in total. The molecule has 0 aromatic heterocycles. The van der Waals surface area contributed by atoms with Gasteiger partial charge in [-0.25, -0.2) is 4.39 Å². The number of fused-ring (bicyclic) bond motifs is 1. The molecule has 0 atom stereocenters. The summed E-state index contributed by atoms with van der Waals surface area (Å²) in [6.45, 7) is 5.08. The highest BCUT2D eigenvalue weighted by molar-refractivity contribution is 5.81. The third kappa shape index (κ3) is 4.15. The van der Waals surface area contributed by atoms with Crippen LogP contribution in [0, 0.1) is 12.7 Å². The molecule has 3 aromatic rings. The molecular weight excluding hydrogens is 411 g/mol. The van der Waals surface area contributed by atoms with Crippen LogP contribution in [-0.2, 0) is 12.5 Å². The summed E-state index contributed by atoms with van der Waals surface area (Å²) in [6.07, 6.45) is 1.51. The van der Waals surface area contributed by atoms with E-state index in [-0.39, 0.29) is 23.6 Å². The fourth-order valence-electron chi connectivity index (χ4n) is 3.80. The zero-order valence-electron chi connectivity index (χ0n) is 18.2. The minimum absolute atomic E-state index is 0.0473. The molecule has 164 valence electrons. The first-order valence-electron chi connectivity index (χ1n) is 10.4. The van der Waals surface area contributed by atoms with Gasteiger partial charge >= 0.3 is 0 Å². The van der Waals surface area contributed by atoms with Crippen molar-refractivity contribution >= 4 is 11.3 Å². The SMILES string of the molecule is C/C1=C/C(c2cccc(OCc3cccc(C)c3F)c2)=C(/C)Nc2ccccc2C1(F)F. The maximum Gasteiger partial charge on any atom is 0.296 e. The zero-order valence-corrected chi connectivity index (χ0v) is 18.2. The van der Waals surface area contributed by atoms with Crippen LogP contribution in [0.2, 0.25) is 0 Å². The normalized spacial score (nSPS) is 19.1. The van der Waals surface area contributed by atoms with Crippen LogP contribution in [0.5, 0.6) is 5.75 Å². The van der Waals surface area contributed by atoms with Gasteiger partial charge in [0.2, 0.25) is 0 Å². The van der Waals surface area contributed by atoms with Gasteiger partial charge in [0.1, 0.15) is 18.2 Å². The lowest BCUT2D eigenvalue weighted by Crippen LogP contribution is -2.19. The topological polar surface area (TPSA) is 21.3 Å². The molecule has 2 nitrogen and oxygen atoms in total. The number of benzene rings is 3. The smallest absolute Gasteiger partial charge is 0.296 e. The van der Waals surface area contributed by atoms with Gasteiger partial charge in [0.25, 0.3) is 5.92 Å². The van der Waals surface area contributed by atoms with E-state index in [1.54, 1.807) is 61.5 Å². The highest BCUT2D eigenvalue weighted by Gasteiger charge is 2.37. The largest absolute Gasteiger partial charge is 0.489 e. The summed E-state index contributed by atoms with van der Waals surface area (Å²) in [5.74, 6) is -2.86. The van der Waals surface area contributed by atoms with E-state index in [2.05, 4.69) is 5.32 Å². The van der Waals surface area contributed by atoms with Gasteiger partial charge in [0, 0.05) is 33.7 Å². The predicted molar refractivity (Wildman–Crippen MR) is 122 cm³/mol. The van der Waals surface area contributed by atoms with Crippen molar-refractivity contribution in [2.45, 2.75) is 33.3 Å². The second-order valence-electron chi connectivity index (χ2n) is 7.98. The summed E-state index contributed by atoms with van der Waals surface area (Å²) < 4.78 is 50.3. The summed E-state index contributed by atoms with van der Waals surface area (Å²) in [7, 11) is 0. The summed E-state index contributed by atoms with van der Waals surface area (Å²) in [5.41, 5.74) is 3.42. The molecule has 0 unspecified atom stereocenters. The lowest BCUT2D eigenvalue weighted by atomic mass is 9.93. The van der Waals surface area contributed by atoms with Crippen molar-refractivity contribution in [3.05, 3.63) is 112 Å². The number of anilines is 1. The van der Waals surface area contributed by atoms with E-state index >= 15 is 8.78 Å². The van der Waals surface area contributed by atoms with Crippen LogP contribution in [0.3, 0.4) is 0 Å². The summed E-state index contributed by atoms with van der Waals surface area (Å²) in [5, 5.41) is 3.14. The van der Waals surface area contributed by atoms with Crippen molar-refractivity contribution in [3.8, 4) is 5.75 Å².